The van der Waals surface area contributed by atoms with Crippen LogP contribution in [0.4, 0.5) is 0 Å². The molecule has 0 aromatic heterocycles. The highest BCUT2D eigenvalue weighted by molar-refractivity contribution is 5.83. The fourth-order valence-electron chi connectivity index (χ4n) is 12.4. The van der Waals surface area contributed by atoms with Crippen molar-refractivity contribution < 1.29 is 43.9 Å². The van der Waals surface area contributed by atoms with E-state index < -0.39 is 58.0 Å². The normalized spacial score (nSPS) is 23.5. The molecule has 5 rings (SSSR count). The van der Waals surface area contributed by atoms with E-state index in [1.54, 1.807) is 0 Å². The summed E-state index contributed by atoms with van der Waals surface area (Å²) in [7, 11) is 0. The number of carbonyl (C=O) groups is 3. The minimum atomic E-state index is -1.30. The molecule has 644 valence electrons. The fourth-order valence-corrected chi connectivity index (χ4v) is 12.4. The van der Waals surface area contributed by atoms with Crippen LogP contribution in [-0.4, -0.2) is 70.9 Å². The average Bonchev–Trinajstić information content (AvgIpc) is 0.672. The molecule has 3 unspecified atom stereocenters. The van der Waals surface area contributed by atoms with Gasteiger partial charge in [-0.15, -0.1) is 0 Å². The van der Waals surface area contributed by atoms with Crippen LogP contribution in [0.1, 0.15) is 467 Å². The summed E-state index contributed by atoms with van der Waals surface area (Å²) in [5, 5.41) is 35.9. The Morgan fingerprint density at radius 3 is 1.00 bits per heavy atom. The molecular weight excluding hydrogens is 1270 g/mol. The molecule has 0 bridgehead atoms. The zero-order valence-corrected chi connectivity index (χ0v) is 83.7. The maximum absolute atomic E-state index is 13.1. The monoisotopic (exact) mass is 1490 g/mol. The number of hydrogen-bond acceptors (Lipinski definition) is 9. The molecule has 0 spiro atoms. The van der Waals surface area contributed by atoms with E-state index in [-0.39, 0.29) is 47.8 Å². The first-order valence-electron chi connectivity index (χ1n) is 44.5. The lowest BCUT2D eigenvalue weighted by Gasteiger charge is -2.72. The Bertz CT molecular complexity index is 1650. The summed E-state index contributed by atoms with van der Waals surface area (Å²) in [5.74, 6) is -1.35. The van der Waals surface area contributed by atoms with Gasteiger partial charge in [-0.2, -0.15) is 0 Å². The van der Waals surface area contributed by atoms with E-state index in [0.29, 0.717) is 19.3 Å². The van der Waals surface area contributed by atoms with Crippen molar-refractivity contribution in [1.82, 2.24) is 0 Å². The molecule has 103 heavy (non-hydrogen) atoms. The summed E-state index contributed by atoms with van der Waals surface area (Å²) in [6, 6.07) is 0. The number of esters is 3. The van der Waals surface area contributed by atoms with Gasteiger partial charge in [-0.25, -0.2) is 14.4 Å². The smallest absolute Gasteiger partial charge is 0.330 e. The van der Waals surface area contributed by atoms with Crippen LogP contribution in [-0.2, 0) is 28.6 Å². The molecule has 0 aliphatic heterocycles. The fraction of sp³-hybridized carbons (Fsp3) is 0.883. The first-order valence-corrected chi connectivity index (χ1v) is 44.5. The number of rotatable bonds is 8. The molecule has 0 saturated heterocycles. The molecule has 5 aliphatic rings. The van der Waals surface area contributed by atoms with Crippen molar-refractivity contribution in [3.63, 3.8) is 0 Å². The first kappa shape index (κ1) is 153. The molecule has 3 N–H and O–H groups in total. The van der Waals surface area contributed by atoms with Gasteiger partial charge in [-0.3, -0.25) is 0 Å². The van der Waals surface area contributed by atoms with Crippen molar-refractivity contribution in [2.45, 2.75) is 491 Å². The van der Waals surface area contributed by atoms with Crippen molar-refractivity contribution in [2.75, 3.05) is 13.2 Å². The molecule has 5 aliphatic carbocycles. The topological polar surface area (TPSA) is 140 Å². The number of aliphatic hydroxyl groups is 3. The number of ether oxygens (including phenoxy) is 3. The molecular formula is C94H214O9. The van der Waals surface area contributed by atoms with Crippen LogP contribution < -0.4 is 0 Å². The van der Waals surface area contributed by atoms with Crippen LogP contribution in [0.2, 0.25) is 0 Å². The second kappa shape index (κ2) is 113. The minimum absolute atomic E-state index is 0.0760. The molecule has 12 atom stereocenters. The maximum atomic E-state index is 13.1. The van der Waals surface area contributed by atoms with Gasteiger partial charge in [0.25, 0.3) is 0 Å². The van der Waals surface area contributed by atoms with Crippen LogP contribution in [0.3, 0.4) is 0 Å². The third kappa shape index (κ3) is 56.2. The van der Waals surface area contributed by atoms with Crippen LogP contribution in [0.25, 0.3) is 0 Å². The predicted molar refractivity (Wildman–Crippen MR) is 485 cm³/mol. The van der Waals surface area contributed by atoms with Crippen LogP contribution in [0, 0.1) is 50.2 Å². The number of fused-ring (bicyclic) bond motifs is 7. The SMILES string of the molecule is CC.CC.CC.CC.CC.CC.CC.CC.CC.CC.CC.CC.CC.CC.CC.CC.CC.CC.CC.CC.CC.CC.CC.CC(C)=CC(=O)OC[C@@]12C(CC(C)(C)[C@@H](O)[C@@H]1O)C1=CCC3[C@@]4(C)CC[C@H](OC(=O)C=C(C)C)[C@](C)(COC(=O)C=C(C)C)C4CC[C@@]3(C)[C@]1(C)C[C@H]2O.CCC. The highest BCUT2D eigenvalue weighted by atomic mass is 16.6. The van der Waals surface area contributed by atoms with Gasteiger partial charge in [0.1, 0.15) is 19.3 Å². The van der Waals surface area contributed by atoms with Gasteiger partial charge in [-0.1, -0.05) is 409 Å². The number of carbonyl (C=O) groups excluding carboxylic acids is 3. The van der Waals surface area contributed by atoms with Gasteiger partial charge >= 0.3 is 17.9 Å². The molecule has 0 aromatic rings. The second-order valence-electron chi connectivity index (χ2n) is 20.8. The van der Waals surface area contributed by atoms with Crippen LogP contribution >= 0.6 is 0 Å². The Hall–Kier alpha value is -2.75. The van der Waals surface area contributed by atoms with E-state index in [1.165, 1.54) is 30.2 Å². The van der Waals surface area contributed by atoms with E-state index in [4.69, 9.17) is 14.2 Å². The van der Waals surface area contributed by atoms with E-state index >= 15 is 0 Å². The zero-order valence-electron chi connectivity index (χ0n) is 83.7. The standard InChI is InChI=1S/C45H68O9.C3H8.23C2H6/c1-26(2)19-35(47)52-24-42(10)31-15-18-43(11)32(41(31,9)17-16-34(42)54-37(49)21-28(5)6)14-13-29-30-22-40(7,8)38(50)39(51)45(30,33(46)23-44(29,43)12)25-53-36(48)20-27(3)4;1-3-2;23*1-2/h13,19-21,30-34,38-39,46,50-51H,14-18,22-25H2,1-12H3;3H2,1-2H3;23*1-2H3/t30?,31?,32?,33-,34+,38+,39+,41+,42-,43-,44-,45+;;;;;;;;;;;;;;;;;;;;;;;;/m1......................../s1. The Balaban J connectivity index is -0.0000000660. The quantitative estimate of drug-likeness (QED) is 0.0938. The number of hydrogen-bond donors (Lipinski definition) is 3. The van der Waals surface area contributed by atoms with Gasteiger partial charge in [-0.05, 0) is 126 Å². The minimum Gasteiger partial charge on any atom is -0.462 e. The molecule has 0 heterocycles. The summed E-state index contributed by atoms with van der Waals surface area (Å²) in [6.45, 7) is 120. The summed E-state index contributed by atoms with van der Waals surface area (Å²) in [6.07, 6.45) is 8.94. The lowest BCUT2D eigenvalue weighted by molar-refractivity contribution is -0.261. The third-order valence-electron chi connectivity index (χ3n) is 15.4. The van der Waals surface area contributed by atoms with Crippen LogP contribution in [0.15, 0.2) is 46.6 Å². The van der Waals surface area contributed by atoms with Crippen molar-refractivity contribution in [2.24, 2.45) is 50.2 Å². The molecule has 0 amide bonds. The molecule has 0 radical (unpaired) electrons. The predicted octanol–water partition coefficient (Wildman–Crippen LogP) is 32.6. The Kier molecular flexibility index (Phi) is 168. The Labute approximate surface area is 659 Å². The Morgan fingerprint density at radius 2 is 0.699 bits per heavy atom. The van der Waals surface area contributed by atoms with Gasteiger partial charge in [0, 0.05) is 23.6 Å². The molecule has 9 heteroatoms. The van der Waals surface area contributed by atoms with Gasteiger partial charge in [0.15, 0.2) is 0 Å². The molecule has 0 aromatic carbocycles. The van der Waals surface area contributed by atoms with Gasteiger partial charge in [0.05, 0.1) is 23.7 Å². The van der Waals surface area contributed by atoms with Crippen LogP contribution in [0.5, 0.6) is 0 Å². The van der Waals surface area contributed by atoms with Crippen molar-refractivity contribution in [1.29, 1.82) is 0 Å². The van der Waals surface area contributed by atoms with E-state index in [2.05, 4.69) is 47.6 Å². The zero-order chi connectivity index (χ0) is 89.1. The first-order chi connectivity index (χ1) is 49.3. The van der Waals surface area contributed by atoms with Gasteiger partial charge in [0.2, 0.25) is 0 Å². The molecule has 4 saturated carbocycles. The number of allylic oxidation sites excluding steroid dienone is 5. The number of aliphatic hydroxyl groups excluding tert-OH is 3. The van der Waals surface area contributed by atoms with Gasteiger partial charge < -0.3 is 29.5 Å². The largest absolute Gasteiger partial charge is 0.462 e. The van der Waals surface area contributed by atoms with Crippen molar-refractivity contribution in [3.05, 3.63) is 46.6 Å². The summed E-state index contributed by atoms with van der Waals surface area (Å²) in [4.78, 5) is 38.9. The van der Waals surface area contributed by atoms with E-state index in [0.717, 1.165) is 42.4 Å². The van der Waals surface area contributed by atoms with Crippen molar-refractivity contribution in [3.8, 4) is 0 Å². The molecule has 4 fully saturated rings. The molecule has 9 nitrogen and oxygen atoms in total. The lowest BCUT2D eigenvalue weighted by atomic mass is 9.33. The van der Waals surface area contributed by atoms with Crippen molar-refractivity contribution >= 4 is 17.9 Å². The third-order valence-corrected chi connectivity index (χ3v) is 15.4. The lowest BCUT2D eigenvalue weighted by Crippen LogP contribution is -2.72. The average molecular weight is 1490 g/mol. The maximum Gasteiger partial charge on any atom is 0.330 e. The van der Waals surface area contributed by atoms with E-state index in [9.17, 15) is 29.7 Å². The highest BCUT2D eigenvalue weighted by Crippen LogP contribution is 2.76. The van der Waals surface area contributed by atoms with E-state index in [1.807, 2.05) is 374 Å². The highest BCUT2D eigenvalue weighted by Gasteiger charge is 2.73. The summed E-state index contributed by atoms with van der Waals surface area (Å²) in [5.41, 5.74) is 0.200. The summed E-state index contributed by atoms with van der Waals surface area (Å²) >= 11 is 0. The summed E-state index contributed by atoms with van der Waals surface area (Å²) < 4.78 is 18.0. The second-order valence-corrected chi connectivity index (χ2v) is 20.8. The Morgan fingerprint density at radius 1 is 0.408 bits per heavy atom.